The van der Waals surface area contributed by atoms with Crippen LogP contribution in [0.3, 0.4) is 0 Å². The summed E-state index contributed by atoms with van der Waals surface area (Å²) in [6.45, 7) is 5.10. The van der Waals surface area contributed by atoms with Gasteiger partial charge in [0.1, 0.15) is 11.6 Å². The van der Waals surface area contributed by atoms with Gasteiger partial charge in [-0.15, -0.1) is 0 Å². The predicted octanol–water partition coefficient (Wildman–Crippen LogP) is 5.56. The number of anilines is 3. The highest BCUT2D eigenvalue weighted by atomic mass is 16.5. The molecule has 0 saturated carbocycles. The summed E-state index contributed by atoms with van der Waals surface area (Å²) >= 11 is 0. The molecule has 0 radical (unpaired) electrons. The third kappa shape index (κ3) is 5.20. The number of unbranched alkanes of at least 4 members (excludes halogenated alkanes) is 1. The number of rotatable bonds is 8. The van der Waals surface area contributed by atoms with Crippen molar-refractivity contribution in [2.45, 2.75) is 26.7 Å². The summed E-state index contributed by atoms with van der Waals surface area (Å²) in [5.41, 5.74) is 1.79. The van der Waals surface area contributed by atoms with Crippen LogP contribution >= 0.6 is 0 Å². The first-order valence-electron chi connectivity index (χ1n) is 9.31. The van der Waals surface area contributed by atoms with Crippen LogP contribution in [0, 0.1) is 6.92 Å². The van der Waals surface area contributed by atoms with Crippen molar-refractivity contribution >= 4 is 17.5 Å². The molecule has 0 atom stereocenters. The summed E-state index contributed by atoms with van der Waals surface area (Å²) in [5.74, 6) is 3.03. The number of benzene rings is 2. The molecule has 0 bridgehead atoms. The molecule has 140 valence electrons. The number of hydrogen-bond donors (Lipinski definition) is 1. The molecule has 0 spiro atoms. The first kappa shape index (κ1) is 18.7. The fraction of sp³-hybridized carbons (Fsp3) is 0.273. The van der Waals surface area contributed by atoms with Crippen LogP contribution in [0.1, 0.15) is 25.5 Å². The molecule has 0 unspecified atom stereocenters. The number of hydrogen-bond acceptors (Lipinski definition) is 5. The first-order valence-corrected chi connectivity index (χ1v) is 9.31. The highest BCUT2D eigenvalue weighted by molar-refractivity contribution is 5.65. The lowest BCUT2D eigenvalue weighted by molar-refractivity contribution is 0.485. The fourth-order valence-electron chi connectivity index (χ4n) is 2.70. The van der Waals surface area contributed by atoms with Gasteiger partial charge in [-0.3, -0.25) is 0 Å². The van der Waals surface area contributed by atoms with E-state index in [9.17, 15) is 0 Å². The van der Waals surface area contributed by atoms with Gasteiger partial charge in [0, 0.05) is 25.4 Å². The predicted molar refractivity (Wildman–Crippen MR) is 111 cm³/mol. The summed E-state index contributed by atoms with van der Waals surface area (Å²) in [6.07, 6.45) is 2.26. The third-order valence-electron chi connectivity index (χ3n) is 4.15. The van der Waals surface area contributed by atoms with Crippen LogP contribution in [0.25, 0.3) is 0 Å². The van der Waals surface area contributed by atoms with Crippen molar-refractivity contribution in [2.24, 2.45) is 0 Å². The summed E-state index contributed by atoms with van der Waals surface area (Å²) in [7, 11) is 2.03. The molecule has 0 fully saturated rings. The van der Waals surface area contributed by atoms with Crippen molar-refractivity contribution < 1.29 is 4.74 Å². The maximum Gasteiger partial charge on any atom is 0.227 e. The highest BCUT2D eigenvalue weighted by Gasteiger charge is 2.10. The first-order chi connectivity index (χ1) is 13.2. The number of nitrogens with one attached hydrogen (secondary N) is 1. The summed E-state index contributed by atoms with van der Waals surface area (Å²) in [5, 5.41) is 3.38. The quantitative estimate of drug-likeness (QED) is 0.569. The number of aromatic nitrogens is 2. The Bertz CT molecular complexity index is 867. The Morgan fingerprint density at radius 3 is 2.52 bits per heavy atom. The van der Waals surface area contributed by atoms with Crippen LogP contribution < -0.4 is 15.0 Å². The number of ether oxygens (including phenoxy) is 1. The molecule has 2 aromatic carbocycles. The van der Waals surface area contributed by atoms with Gasteiger partial charge in [0.15, 0.2) is 5.75 Å². The smallest absolute Gasteiger partial charge is 0.227 e. The Morgan fingerprint density at radius 1 is 1.00 bits per heavy atom. The van der Waals surface area contributed by atoms with Crippen LogP contribution in [-0.2, 0) is 0 Å². The van der Waals surface area contributed by atoms with Gasteiger partial charge in [-0.1, -0.05) is 43.7 Å². The van der Waals surface area contributed by atoms with E-state index in [-0.39, 0.29) is 0 Å². The molecular formula is C22H26N4O. The van der Waals surface area contributed by atoms with E-state index in [1.165, 1.54) is 0 Å². The van der Waals surface area contributed by atoms with Crippen LogP contribution in [0.5, 0.6) is 11.5 Å². The average Bonchev–Trinajstić information content (AvgIpc) is 2.68. The zero-order chi connectivity index (χ0) is 19.1. The lowest BCUT2D eigenvalue weighted by atomic mass is 10.2. The molecular weight excluding hydrogens is 336 g/mol. The normalized spacial score (nSPS) is 10.5. The molecule has 27 heavy (non-hydrogen) atoms. The minimum atomic E-state index is 0.729. The fourth-order valence-corrected chi connectivity index (χ4v) is 2.70. The van der Waals surface area contributed by atoms with E-state index in [1.807, 2.05) is 74.6 Å². The van der Waals surface area contributed by atoms with Crippen molar-refractivity contribution in [3.63, 3.8) is 0 Å². The lowest BCUT2D eigenvalue weighted by Crippen LogP contribution is -2.21. The van der Waals surface area contributed by atoms with Gasteiger partial charge in [-0.2, -0.15) is 4.98 Å². The number of nitrogens with zero attached hydrogens (tertiary/aromatic N) is 3. The minimum absolute atomic E-state index is 0.729. The molecule has 0 aliphatic carbocycles. The summed E-state index contributed by atoms with van der Waals surface area (Å²) < 4.78 is 6.03. The molecule has 1 N–H and O–H groups in total. The van der Waals surface area contributed by atoms with E-state index in [2.05, 4.69) is 27.1 Å². The molecule has 3 aromatic rings. The highest BCUT2D eigenvalue weighted by Crippen LogP contribution is 2.31. The standard InChI is InChI=1S/C22H26N4O/c1-4-5-15-26(3)22-23-17(2)16-21(25-22)24-19-13-9-10-14-20(19)27-18-11-7-6-8-12-18/h6-14,16H,4-5,15H2,1-3H3,(H,23,24,25). The van der Waals surface area contributed by atoms with Crippen molar-refractivity contribution in [1.82, 2.24) is 9.97 Å². The molecule has 5 nitrogen and oxygen atoms in total. The molecule has 0 saturated heterocycles. The Balaban J connectivity index is 1.82. The van der Waals surface area contributed by atoms with Gasteiger partial charge in [0.25, 0.3) is 0 Å². The zero-order valence-corrected chi connectivity index (χ0v) is 16.1. The molecule has 0 aliphatic rings. The van der Waals surface area contributed by atoms with Gasteiger partial charge < -0.3 is 15.0 Å². The van der Waals surface area contributed by atoms with Gasteiger partial charge in [-0.25, -0.2) is 4.98 Å². The van der Waals surface area contributed by atoms with E-state index in [0.29, 0.717) is 0 Å². The maximum absolute atomic E-state index is 6.03. The van der Waals surface area contributed by atoms with Gasteiger partial charge in [-0.05, 0) is 37.6 Å². The van der Waals surface area contributed by atoms with Crippen molar-refractivity contribution in [3.8, 4) is 11.5 Å². The molecule has 0 amide bonds. The van der Waals surface area contributed by atoms with Gasteiger partial charge in [0.2, 0.25) is 5.95 Å². The van der Waals surface area contributed by atoms with Crippen LogP contribution in [0.2, 0.25) is 0 Å². The lowest BCUT2D eigenvalue weighted by Gasteiger charge is -2.18. The summed E-state index contributed by atoms with van der Waals surface area (Å²) in [6, 6.07) is 19.6. The summed E-state index contributed by atoms with van der Waals surface area (Å²) in [4.78, 5) is 11.3. The zero-order valence-electron chi connectivity index (χ0n) is 16.1. The van der Waals surface area contributed by atoms with E-state index in [0.717, 1.165) is 54.0 Å². The second-order valence-electron chi connectivity index (χ2n) is 6.51. The third-order valence-corrected chi connectivity index (χ3v) is 4.15. The molecule has 1 heterocycles. The SMILES string of the molecule is CCCCN(C)c1nc(C)cc(Nc2ccccc2Oc2ccccc2)n1. The maximum atomic E-state index is 6.03. The monoisotopic (exact) mass is 362 g/mol. The van der Waals surface area contributed by atoms with E-state index >= 15 is 0 Å². The van der Waals surface area contributed by atoms with Crippen molar-refractivity contribution in [1.29, 1.82) is 0 Å². The Kier molecular flexibility index (Phi) is 6.26. The Hall–Kier alpha value is -3.08. The topological polar surface area (TPSA) is 50.3 Å². The van der Waals surface area contributed by atoms with Gasteiger partial charge in [0.05, 0.1) is 5.69 Å². The number of para-hydroxylation sites is 3. The molecule has 5 heteroatoms. The Labute approximate surface area is 161 Å². The molecule has 1 aromatic heterocycles. The van der Waals surface area contributed by atoms with Gasteiger partial charge >= 0.3 is 0 Å². The van der Waals surface area contributed by atoms with Crippen LogP contribution in [0.15, 0.2) is 60.7 Å². The number of aryl methyl sites for hydroxylation is 1. The minimum Gasteiger partial charge on any atom is -0.455 e. The van der Waals surface area contributed by atoms with E-state index < -0.39 is 0 Å². The molecule has 3 rings (SSSR count). The molecule has 0 aliphatic heterocycles. The average molecular weight is 362 g/mol. The van der Waals surface area contributed by atoms with Crippen LogP contribution in [-0.4, -0.2) is 23.6 Å². The Morgan fingerprint density at radius 2 is 1.74 bits per heavy atom. The second-order valence-corrected chi connectivity index (χ2v) is 6.51. The van der Waals surface area contributed by atoms with E-state index in [4.69, 9.17) is 4.74 Å². The van der Waals surface area contributed by atoms with Crippen molar-refractivity contribution in [2.75, 3.05) is 23.8 Å². The van der Waals surface area contributed by atoms with Crippen molar-refractivity contribution in [3.05, 3.63) is 66.4 Å². The van der Waals surface area contributed by atoms with Crippen LogP contribution in [0.4, 0.5) is 17.5 Å². The largest absolute Gasteiger partial charge is 0.455 e. The van der Waals surface area contributed by atoms with E-state index in [1.54, 1.807) is 0 Å². The second kappa shape index (κ2) is 9.03.